The van der Waals surface area contributed by atoms with Crippen molar-refractivity contribution in [3.05, 3.63) is 29.3 Å². The average Bonchev–Trinajstić information content (AvgIpc) is 2.86. The fraction of sp³-hybridized carbons (Fsp3) is 0.250. The van der Waals surface area contributed by atoms with Crippen LogP contribution >= 0.6 is 0 Å². The van der Waals surface area contributed by atoms with Gasteiger partial charge < -0.3 is 15.0 Å². The molecule has 0 amide bonds. The Bertz CT molecular complexity index is 546. The Kier molecular flexibility index (Phi) is 1.89. The number of anilines is 1. The molecular weight excluding hydrogens is 204 g/mol. The van der Waals surface area contributed by atoms with Gasteiger partial charge in [0.25, 0.3) is 0 Å². The molecule has 4 nitrogen and oxygen atoms in total. The van der Waals surface area contributed by atoms with Gasteiger partial charge in [-0.1, -0.05) is 11.2 Å². The zero-order chi connectivity index (χ0) is 11.1. The van der Waals surface area contributed by atoms with Gasteiger partial charge in [0.05, 0.1) is 6.61 Å². The van der Waals surface area contributed by atoms with Crippen molar-refractivity contribution < 1.29 is 9.26 Å². The molecule has 0 bridgehead atoms. The molecule has 1 aliphatic rings. The van der Waals surface area contributed by atoms with E-state index in [9.17, 15) is 0 Å². The first-order valence-electron chi connectivity index (χ1n) is 5.23. The van der Waals surface area contributed by atoms with Crippen LogP contribution in [-0.4, -0.2) is 11.8 Å². The maximum absolute atomic E-state index is 5.55. The van der Waals surface area contributed by atoms with Gasteiger partial charge in [-0.15, -0.1) is 0 Å². The number of ether oxygens (including phenoxy) is 1. The molecule has 1 aromatic heterocycles. The minimum atomic E-state index is 0.339. The van der Waals surface area contributed by atoms with Crippen LogP contribution in [0.5, 0.6) is 5.75 Å². The molecule has 1 aliphatic heterocycles. The van der Waals surface area contributed by atoms with E-state index in [0.29, 0.717) is 5.88 Å². The van der Waals surface area contributed by atoms with E-state index in [-0.39, 0.29) is 0 Å². The average molecular weight is 216 g/mol. The number of aryl methyl sites for hydroxylation is 1. The van der Waals surface area contributed by atoms with Gasteiger partial charge in [0.2, 0.25) is 5.88 Å². The number of benzene rings is 1. The highest BCUT2D eigenvalue weighted by molar-refractivity contribution is 5.72. The molecule has 0 saturated heterocycles. The summed E-state index contributed by atoms with van der Waals surface area (Å²) < 4.78 is 10.5. The van der Waals surface area contributed by atoms with Crippen molar-refractivity contribution in [3.8, 4) is 17.0 Å². The molecule has 1 aromatic carbocycles. The maximum Gasteiger partial charge on any atom is 0.222 e. The first kappa shape index (κ1) is 9.27. The Morgan fingerprint density at radius 2 is 2.25 bits per heavy atom. The number of fused-ring (bicyclic) bond motifs is 1. The van der Waals surface area contributed by atoms with Gasteiger partial charge in [0.1, 0.15) is 11.4 Å². The van der Waals surface area contributed by atoms with Crippen molar-refractivity contribution >= 4 is 5.88 Å². The Morgan fingerprint density at radius 1 is 1.38 bits per heavy atom. The van der Waals surface area contributed by atoms with Crippen molar-refractivity contribution in [3.63, 3.8) is 0 Å². The molecule has 0 aliphatic carbocycles. The standard InChI is InChI=1S/C12H12N2O2/c1-7-2-3-10-8(4-5-15-10)12(7)9-6-11(13)16-14-9/h2-3,6H,4-5,13H2,1H3. The van der Waals surface area contributed by atoms with E-state index in [1.807, 2.05) is 12.1 Å². The first-order chi connectivity index (χ1) is 7.75. The van der Waals surface area contributed by atoms with Crippen molar-refractivity contribution in [2.45, 2.75) is 13.3 Å². The Balaban J connectivity index is 2.23. The molecule has 2 N–H and O–H groups in total. The van der Waals surface area contributed by atoms with E-state index in [1.165, 1.54) is 5.56 Å². The topological polar surface area (TPSA) is 61.3 Å². The highest BCUT2D eigenvalue weighted by atomic mass is 16.5. The third kappa shape index (κ3) is 1.26. The summed E-state index contributed by atoms with van der Waals surface area (Å²) in [7, 11) is 0. The van der Waals surface area contributed by atoms with Gasteiger partial charge in [-0.05, 0) is 18.6 Å². The van der Waals surface area contributed by atoms with Crippen LogP contribution in [0.3, 0.4) is 0 Å². The lowest BCUT2D eigenvalue weighted by Gasteiger charge is -2.07. The number of nitrogen functional groups attached to an aromatic ring is 1. The van der Waals surface area contributed by atoms with Crippen LogP contribution in [0.15, 0.2) is 22.7 Å². The third-order valence-corrected chi connectivity index (χ3v) is 2.87. The number of nitrogens with zero attached hydrogens (tertiary/aromatic N) is 1. The van der Waals surface area contributed by atoms with Crippen LogP contribution in [0.2, 0.25) is 0 Å². The van der Waals surface area contributed by atoms with Crippen molar-refractivity contribution in [1.82, 2.24) is 5.16 Å². The molecule has 0 radical (unpaired) electrons. The van der Waals surface area contributed by atoms with E-state index in [1.54, 1.807) is 6.07 Å². The summed E-state index contributed by atoms with van der Waals surface area (Å²) in [5.41, 5.74) is 9.80. The molecule has 0 fully saturated rings. The monoisotopic (exact) mass is 216 g/mol. The minimum absolute atomic E-state index is 0.339. The SMILES string of the molecule is Cc1ccc2c(c1-c1cc(N)on1)CCO2. The Labute approximate surface area is 93.0 Å². The van der Waals surface area contributed by atoms with E-state index in [0.717, 1.165) is 35.6 Å². The van der Waals surface area contributed by atoms with Crippen LogP contribution in [0.4, 0.5) is 5.88 Å². The van der Waals surface area contributed by atoms with Gasteiger partial charge in [0.15, 0.2) is 0 Å². The fourth-order valence-electron chi connectivity index (χ4n) is 2.16. The summed E-state index contributed by atoms with van der Waals surface area (Å²) >= 11 is 0. The normalized spacial score (nSPS) is 13.6. The molecule has 0 saturated carbocycles. The molecule has 0 unspecified atom stereocenters. The molecule has 0 spiro atoms. The smallest absolute Gasteiger partial charge is 0.222 e. The second-order valence-corrected chi connectivity index (χ2v) is 3.95. The highest BCUT2D eigenvalue weighted by Crippen LogP contribution is 2.36. The predicted octanol–water partition coefficient (Wildman–Crippen LogP) is 2.17. The number of rotatable bonds is 1. The van der Waals surface area contributed by atoms with Gasteiger partial charge >= 0.3 is 0 Å². The lowest BCUT2D eigenvalue weighted by Crippen LogP contribution is -1.90. The fourth-order valence-corrected chi connectivity index (χ4v) is 2.16. The molecule has 3 rings (SSSR count). The molecule has 2 aromatic rings. The maximum atomic E-state index is 5.55. The van der Waals surface area contributed by atoms with E-state index in [2.05, 4.69) is 12.1 Å². The van der Waals surface area contributed by atoms with Crippen LogP contribution < -0.4 is 10.5 Å². The summed E-state index contributed by atoms with van der Waals surface area (Å²) in [4.78, 5) is 0. The summed E-state index contributed by atoms with van der Waals surface area (Å²) in [5.74, 6) is 1.29. The first-order valence-corrected chi connectivity index (χ1v) is 5.23. The van der Waals surface area contributed by atoms with Crippen molar-refractivity contribution in [2.75, 3.05) is 12.3 Å². The lowest BCUT2D eigenvalue weighted by molar-refractivity contribution is 0.357. The largest absolute Gasteiger partial charge is 0.493 e. The molecule has 2 heterocycles. The van der Waals surface area contributed by atoms with E-state index >= 15 is 0 Å². The van der Waals surface area contributed by atoms with Crippen molar-refractivity contribution in [2.24, 2.45) is 0 Å². The quantitative estimate of drug-likeness (QED) is 0.793. The number of aromatic nitrogens is 1. The molecule has 0 atom stereocenters. The van der Waals surface area contributed by atoms with Crippen molar-refractivity contribution in [1.29, 1.82) is 0 Å². The van der Waals surface area contributed by atoms with E-state index < -0.39 is 0 Å². The van der Waals surface area contributed by atoms with Crippen LogP contribution in [-0.2, 0) is 6.42 Å². The third-order valence-electron chi connectivity index (χ3n) is 2.87. The van der Waals surface area contributed by atoms with Gasteiger partial charge in [-0.3, -0.25) is 0 Å². The summed E-state index contributed by atoms with van der Waals surface area (Å²) in [6, 6.07) is 5.79. The molecule has 82 valence electrons. The number of nitrogens with two attached hydrogens (primary N) is 1. The Hall–Kier alpha value is -1.97. The van der Waals surface area contributed by atoms with Crippen LogP contribution in [0, 0.1) is 6.92 Å². The van der Waals surface area contributed by atoms with Crippen LogP contribution in [0.25, 0.3) is 11.3 Å². The zero-order valence-electron chi connectivity index (χ0n) is 8.99. The number of hydrogen-bond donors (Lipinski definition) is 1. The summed E-state index contributed by atoms with van der Waals surface area (Å²) in [6.45, 7) is 2.79. The number of hydrogen-bond acceptors (Lipinski definition) is 4. The molecule has 4 heteroatoms. The minimum Gasteiger partial charge on any atom is -0.493 e. The summed E-state index contributed by atoms with van der Waals surface area (Å²) in [6.07, 6.45) is 0.916. The zero-order valence-corrected chi connectivity index (χ0v) is 8.99. The Morgan fingerprint density at radius 3 is 3.00 bits per heavy atom. The van der Waals surface area contributed by atoms with Gasteiger partial charge in [-0.2, -0.15) is 0 Å². The second kappa shape index (κ2) is 3.27. The molecular formula is C12H12N2O2. The second-order valence-electron chi connectivity index (χ2n) is 3.95. The van der Waals surface area contributed by atoms with Gasteiger partial charge in [0, 0.05) is 23.6 Å². The van der Waals surface area contributed by atoms with Crippen LogP contribution in [0.1, 0.15) is 11.1 Å². The predicted molar refractivity (Wildman–Crippen MR) is 60.3 cm³/mol. The highest BCUT2D eigenvalue weighted by Gasteiger charge is 2.20. The molecule has 16 heavy (non-hydrogen) atoms. The van der Waals surface area contributed by atoms with Gasteiger partial charge in [-0.25, -0.2) is 0 Å². The summed E-state index contributed by atoms with van der Waals surface area (Å²) in [5, 5.41) is 3.97. The van der Waals surface area contributed by atoms with E-state index in [4.69, 9.17) is 15.0 Å². The lowest BCUT2D eigenvalue weighted by atomic mass is 9.97.